The van der Waals surface area contributed by atoms with Gasteiger partial charge in [0.2, 0.25) is 5.91 Å². The average molecular weight is 250 g/mol. The molecule has 1 aliphatic heterocycles. The summed E-state index contributed by atoms with van der Waals surface area (Å²) in [5, 5.41) is 2.39. The molecule has 4 nitrogen and oxygen atoms in total. The van der Waals surface area contributed by atoms with Gasteiger partial charge in [0.15, 0.2) is 0 Å². The first kappa shape index (κ1) is 13.5. The van der Waals surface area contributed by atoms with Crippen LogP contribution in [0.4, 0.5) is 13.2 Å². The van der Waals surface area contributed by atoms with Crippen molar-refractivity contribution in [3.63, 3.8) is 0 Å². The number of hydrogen-bond donors (Lipinski definition) is 1. The number of carbonyl (C=O) groups is 2. The number of nitrogens with one attached hydrogen (secondary N) is 1. The van der Waals surface area contributed by atoms with Crippen molar-refractivity contribution in [2.75, 3.05) is 13.1 Å². The number of likely N-dealkylation sites (tertiary alicyclic amines) is 1. The second-order valence-corrected chi connectivity index (χ2v) is 3.69. The van der Waals surface area contributed by atoms with E-state index in [0.29, 0.717) is 11.3 Å². The molecule has 2 amide bonds. The highest BCUT2D eigenvalue weighted by Gasteiger charge is 2.47. The van der Waals surface area contributed by atoms with Crippen LogP contribution in [0.2, 0.25) is 0 Å². The van der Waals surface area contributed by atoms with Crippen LogP contribution in [0.25, 0.3) is 0 Å². The second-order valence-electron chi connectivity index (χ2n) is 3.69. The maximum atomic E-state index is 12.3. The van der Waals surface area contributed by atoms with E-state index in [-0.39, 0.29) is 19.5 Å². The first-order valence-corrected chi connectivity index (χ1v) is 5.14. The topological polar surface area (TPSA) is 49.4 Å². The average Bonchev–Trinajstić information content (AvgIpc) is 2.72. The Hall–Kier alpha value is -1.53. The van der Waals surface area contributed by atoms with Gasteiger partial charge in [-0.15, -0.1) is 6.58 Å². The first-order valence-electron chi connectivity index (χ1n) is 5.14. The van der Waals surface area contributed by atoms with Crippen LogP contribution in [-0.2, 0) is 9.59 Å². The van der Waals surface area contributed by atoms with E-state index in [1.165, 1.54) is 6.08 Å². The normalized spacial score (nSPS) is 20.2. The van der Waals surface area contributed by atoms with Crippen LogP contribution in [0.1, 0.15) is 12.8 Å². The van der Waals surface area contributed by atoms with Crippen LogP contribution in [0.15, 0.2) is 12.7 Å². The van der Waals surface area contributed by atoms with Crippen molar-refractivity contribution in [2.24, 2.45) is 0 Å². The van der Waals surface area contributed by atoms with E-state index >= 15 is 0 Å². The Morgan fingerprint density at radius 2 is 2.12 bits per heavy atom. The maximum Gasteiger partial charge on any atom is 0.471 e. The van der Waals surface area contributed by atoms with Crippen molar-refractivity contribution in [1.29, 1.82) is 0 Å². The van der Waals surface area contributed by atoms with Crippen LogP contribution >= 0.6 is 0 Å². The summed E-state index contributed by atoms with van der Waals surface area (Å²) in [7, 11) is 0. The van der Waals surface area contributed by atoms with E-state index < -0.39 is 24.0 Å². The molecule has 1 rings (SSSR count). The number of alkyl halides is 3. The van der Waals surface area contributed by atoms with Gasteiger partial charge < -0.3 is 10.2 Å². The van der Waals surface area contributed by atoms with Crippen LogP contribution in [0.5, 0.6) is 0 Å². The fourth-order valence-corrected chi connectivity index (χ4v) is 1.74. The van der Waals surface area contributed by atoms with E-state index in [1.807, 2.05) is 0 Å². The smallest absolute Gasteiger partial charge is 0.351 e. The summed E-state index contributed by atoms with van der Waals surface area (Å²) in [4.78, 5) is 23.2. The Morgan fingerprint density at radius 3 is 2.65 bits per heavy atom. The highest BCUT2D eigenvalue weighted by atomic mass is 19.4. The van der Waals surface area contributed by atoms with Crippen molar-refractivity contribution in [3.05, 3.63) is 12.7 Å². The van der Waals surface area contributed by atoms with Crippen LogP contribution < -0.4 is 5.32 Å². The van der Waals surface area contributed by atoms with Gasteiger partial charge in [-0.3, -0.25) is 9.59 Å². The first-order chi connectivity index (χ1) is 7.88. The predicted octanol–water partition coefficient (Wildman–Crippen LogP) is 0.842. The maximum absolute atomic E-state index is 12.3. The molecular formula is C10H13F3N2O2. The molecule has 1 aliphatic rings. The molecule has 0 aromatic heterocycles. The standard InChI is InChI=1S/C10H13F3N2O2/c1-2-5-14-8(16)7-4-3-6-15(7)9(17)10(11,12)13/h2,7H,1,3-6H2,(H,14,16). The fraction of sp³-hybridized carbons (Fsp3) is 0.600. The minimum Gasteiger partial charge on any atom is -0.351 e. The lowest BCUT2D eigenvalue weighted by atomic mass is 10.2. The Balaban J connectivity index is 2.69. The third kappa shape index (κ3) is 3.21. The predicted molar refractivity (Wildman–Crippen MR) is 54.0 cm³/mol. The molecule has 1 saturated heterocycles. The number of hydrogen-bond acceptors (Lipinski definition) is 2. The summed E-state index contributed by atoms with van der Waals surface area (Å²) in [6, 6.07) is -1.02. The zero-order valence-corrected chi connectivity index (χ0v) is 9.09. The van der Waals surface area contributed by atoms with Crippen molar-refractivity contribution >= 4 is 11.8 Å². The molecule has 0 aliphatic carbocycles. The summed E-state index contributed by atoms with van der Waals surface area (Å²) < 4.78 is 36.8. The molecule has 0 aromatic rings. The van der Waals surface area contributed by atoms with E-state index in [1.54, 1.807) is 0 Å². The summed E-state index contributed by atoms with van der Waals surface area (Å²) >= 11 is 0. The molecule has 96 valence electrons. The zero-order valence-electron chi connectivity index (χ0n) is 9.09. The van der Waals surface area contributed by atoms with Crippen LogP contribution in [0, 0.1) is 0 Å². The van der Waals surface area contributed by atoms with Gasteiger partial charge in [-0.2, -0.15) is 13.2 Å². The second kappa shape index (κ2) is 5.20. The van der Waals surface area contributed by atoms with Gasteiger partial charge >= 0.3 is 12.1 Å². The summed E-state index contributed by atoms with van der Waals surface area (Å²) in [5.41, 5.74) is 0. The summed E-state index contributed by atoms with van der Waals surface area (Å²) in [6.45, 7) is 3.51. The van der Waals surface area contributed by atoms with Crippen molar-refractivity contribution in [1.82, 2.24) is 10.2 Å². The van der Waals surface area contributed by atoms with Crippen LogP contribution in [-0.4, -0.2) is 42.0 Å². The molecule has 0 saturated carbocycles. The van der Waals surface area contributed by atoms with E-state index in [0.717, 1.165) is 0 Å². The molecule has 0 spiro atoms. The molecule has 1 unspecified atom stereocenters. The lowest BCUT2D eigenvalue weighted by molar-refractivity contribution is -0.186. The highest BCUT2D eigenvalue weighted by molar-refractivity contribution is 5.90. The van der Waals surface area contributed by atoms with Crippen molar-refractivity contribution in [2.45, 2.75) is 25.1 Å². The summed E-state index contributed by atoms with van der Waals surface area (Å²) in [5.74, 6) is -2.52. The van der Waals surface area contributed by atoms with Crippen molar-refractivity contribution < 1.29 is 22.8 Å². The Bertz CT molecular complexity index is 328. The number of halogens is 3. The highest BCUT2D eigenvalue weighted by Crippen LogP contribution is 2.25. The van der Waals surface area contributed by atoms with Gasteiger partial charge in [0.1, 0.15) is 6.04 Å². The van der Waals surface area contributed by atoms with E-state index in [4.69, 9.17) is 0 Å². The third-order valence-electron chi connectivity index (χ3n) is 2.48. The quantitative estimate of drug-likeness (QED) is 0.755. The molecule has 17 heavy (non-hydrogen) atoms. The molecule has 1 heterocycles. The number of rotatable bonds is 3. The van der Waals surface area contributed by atoms with Gasteiger partial charge in [0, 0.05) is 13.1 Å². The van der Waals surface area contributed by atoms with Gasteiger partial charge in [0.25, 0.3) is 0 Å². The van der Waals surface area contributed by atoms with Gasteiger partial charge in [-0.1, -0.05) is 6.08 Å². The molecule has 0 radical (unpaired) electrons. The van der Waals surface area contributed by atoms with Crippen molar-refractivity contribution in [3.8, 4) is 0 Å². The van der Waals surface area contributed by atoms with Gasteiger partial charge in [0.05, 0.1) is 0 Å². The number of nitrogens with zero attached hydrogens (tertiary/aromatic N) is 1. The molecule has 1 fully saturated rings. The Labute approximate surface area is 96.5 Å². The molecule has 0 aromatic carbocycles. The Morgan fingerprint density at radius 1 is 1.47 bits per heavy atom. The fourth-order valence-electron chi connectivity index (χ4n) is 1.74. The molecule has 1 N–H and O–H groups in total. The number of carbonyl (C=O) groups excluding carboxylic acids is 2. The minimum absolute atomic E-state index is 0.0372. The largest absolute Gasteiger partial charge is 0.471 e. The summed E-state index contributed by atoms with van der Waals surface area (Å²) in [6.07, 6.45) is -2.86. The molecule has 7 heteroatoms. The Kier molecular flexibility index (Phi) is 4.14. The van der Waals surface area contributed by atoms with Gasteiger partial charge in [-0.25, -0.2) is 0 Å². The monoisotopic (exact) mass is 250 g/mol. The third-order valence-corrected chi connectivity index (χ3v) is 2.48. The molecule has 1 atom stereocenters. The van der Waals surface area contributed by atoms with Gasteiger partial charge in [-0.05, 0) is 12.8 Å². The molecular weight excluding hydrogens is 237 g/mol. The molecule has 0 bridgehead atoms. The SMILES string of the molecule is C=CCNC(=O)C1CCCN1C(=O)C(F)(F)F. The van der Waals surface area contributed by atoms with E-state index in [2.05, 4.69) is 11.9 Å². The lowest BCUT2D eigenvalue weighted by Gasteiger charge is -2.24. The van der Waals surface area contributed by atoms with Crippen LogP contribution in [0.3, 0.4) is 0 Å². The zero-order chi connectivity index (χ0) is 13.1. The lowest BCUT2D eigenvalue weighted by Crippen LogP contribution is -2.50. The number of amides is 2. The van der Waals surface area contributed by atoms with E-state index in [9.17, 15) is 22.8 Å². The minimum atomic E-state index is -4.93.